The standard InChI is InChI=1S/C5H6N2O3/c1-10-7-3-2-6(9)4-5(7)8/h2-4H,1H3. The Hall–Kier alpha value is -1.52. The lowest BCUT2D eigenvalue weighted by Crippen LogP contribution is -2.36. The Balaban J connectivity index is 3.20. The van der Waals surface area contributed by atoms with Crippen LogP contribution in [-0.2, 0) is 0 Å². The van der Waals surface area contributed by atoms with E-state index in [2.05, 4.69) is 4.84 Å². The zero-order valence-electron chi connectivity index (χ0n) is 5.35. The van der Waals surface area contributed by atoms with Crippen LogP contribution in [0.25, 0.3) is 0 Å². The second-order valence-electron chi connectivity index (χ2n) is 1.63. The molecule has 54 valence electrons. The summed E-state index contributed by atoms with van der Waals surface area (Å²) in [5.41, 5.74) is -0.486. The number of nitrogens with zero attached hydrogens (tertiary/aromatic N) is 2. The van der Waals surface area contributed by atoms with Crippen LogP contribution >= 0.6 is 0 Å². The molecule has 0 spiro atoms. The van der Waals surface area contributed by atoms with Gasteiger partial charge in [-0.25, -0.2) is 0 Å². The van der Waals surface area contributed by atoms with Gasteiger partial charge in [-0.15, -0.1) is 4.73 Å². The van der Waals surface area contributed by atoms with Crippen LogP contribution in [0.15, 0.2) is 23.4 Å². The van der Waals surface area contributed by atoms with Gasteiger partial charge in [0.25, 0.3) is 0 Å². The molecule has 1 aromatic heterocycles. The van der Waals surface area contributed by atoms with Crippen LogP contribution < -0.4 is 15.1 Å². The van der Waals surface area contributed by atoms with Gasteiger partial charge < -0.3 is 10.0 Å². The van der Waals surface area contributed by atoms with E-state index in [4.69, 9.17) is 0 Å². The lowest BCUT2D eigenvalue weighted by Gasteiger charge is -1.99. The monoisotopic (exact) mass is 142 g/mol. The minimum atomic E-state index is -0.486. The van der Waals surface area contributed by atoms with E-state index in [0.29, 0.717) is 4.73 Å². The van der Waals surface area contributed by atoms with Gasteiger partial charge >= 0.3 is 5.56 Å². The first kappa shape index (κ1) is 6.60. The fourth-order valence-electron chi connectivity index (χ4n) is 0.559. The van der Waals surface area contributed by atoms with Crippen molar-refractivity contribution in [2.24, 2.45) is 0 Å². The normalized spacial score (nSPS) is 9.30. The van der Waals surface area contributed by atoms with E-state index >= 15 is 0 Å². The van der Waals surface area contributed by atoms with Crippen molar-refractivity contribution in [2.75, 3.05) is 7.11 Å². The maximum atomic E-state index is 10.7. The molecule has 0 atom stereocenters. The molecule has 10 heavy (non-hydrogen) atoms. The molecule has 1 rings (SSSR count). The van der Waals surface area contributed by atoms with Gasteiger partial charge in [-0.3, -0.25) is 4.79 Å². The fraction of sp³-hybridized carbons (Fsp3) is 0.200. The van der Waals surface area contributed by atoms with Crippen molar-refractivity contribution in [3.63, 3.8) is 0 Å². The average molecular weight is 142 g/mol. The van der Waals surface area contributed by atoms with Crippen LogP contribution in [0.4, 0.5) is 0 Å². The van der Waals surface area contributed by atoms with E-state index < -0.39 is 5.56 Å². The maximum Gasteiger partial charge on any atom is 0.348 e. The van der Waals surface area contributed by atoms with Gasteiger partial charge in [0, 0.05) is 0 Å². The van der Waals surface area contributed by atoms with Crippen molar-refractivity contribution >= 4 is 0 Å². The average Bonchev–Trinajstić information content (AvgIpc) is 1.88. The predicted molar refractivity (Wildman–Crippen MR) is 32.2 cm³/mol. The molecule has 0 N–H and O–H groups in total. The molecule has 5 heteroatoms. The Morgan fingerprint density at radius 1 is 1.80 bits per heavy atom. The molecule has 0 unspecified atom stereocenters. The van der Waals surface area contributed by atoms with E-state index in [1.807, 2.05) is 0 Å². The Kier molecular flexibility index (Phi) is 1.57. The van der Waals surface area contributed by atoms with Crippen LogP contribution in [-0.4, -0.2) is 11.8 Å². The summed E-state index contributed by atoms with van der Waals surface area (Å²) >= 11 is 0. The van der Waals surface area contributed by atoms with E-state index in [1.165, 1.54) is 19.5 Å². The second-order valence-corrected chi connectivity index (χ2v) is 1.63. The predicted octanol–water partition coefficient (Wildman–Crippen LogP) is -1.46. The molecule has 0 aliphatic carbocycles. The summed E-state index contributed by atoms with van der Waals surface area (Å²) in [7, 11) is 1.34. The van der Waals surface area contributed by atoms with Crippen molar-refractivity contribution < 1.29 is 9.57 Å². The van der Waals surface area contributed by atoms with Crippen molar-refractivity contribution in [1.82, 2.24) is 4.73 Å². The van der Waals surface area contributed by atoms with Crippen LogP contribution in [0.1, 0.15) is 0 Å². The van der Waals surface area contributed by atoms with Gasteiger partial charge in [-0.05, 0) is 0 Å². The first-order chi connectivity index (χ1) is 4.74. The highest BCUT2D eigenvalue weighted by molar-refractivity contribution is 4.70. The van der Waals surface area contributed by atoms with Gasteiger partial charge in [0.15, 0.2) is 6.20 Å². The summed E-state index contributed by atoms with van der Waals surface area (Å²) in [6, 6.07) is 0. The molecule has 1 aromatic rings. The molecule has 0 saturated heterocycles. The molecule has 0 amide bonds. The molecule has 0 fully saturated rings. The first-order valence-corrected chi connectivity index (χ1v) is 2.60. The molecular weight excluding hydrogens is 136 g/mol. The highest BCUT2D eigenvalue weighted by atomic mass is 16.6. The molecular formula is C5H6N2O3. The van der Waals surface area contributed by atoms with Gasteiger partial charge in [-0.2, -0.15) is 4.73 Å². The lowest BCUT2D eigenvalue weighted by atomic mass is 10.7. The van der Waals surface area contributed by atoms with E-state index in [-0.39, 0.29) is 0 Å². The maximum absolute atomic E-state index is 10.7. The molecule has 0 bridgehead atoms. The minimum absolute atomic E-state index is 0.415. The summed E-state index contributed by atoms with van der Waals surface area (Å²) in [5.74, 6) is 0. The van der Waals surface area contributed by atoms with Gasteiger partial charge in [-0.1, -0.05) is 0 Å². The summed E-state index contributed by atoms with van der Waals surface area (Å²) < 4.78 is 1.37. The third-order valence-corrected chi connectivity index (χ3v) is 1.00. The van der Waals surface area contributed by atoms with Crippen LogP contribution in [0.3, 0.4) is 0 Å². The molecule has 0 aliphatic heterocycles. The zero-order chi connectivity index (χ0) is 7.56. The first-order valence-electron chi connectivity index (χ1n) is 2.60. The Bertz CT molecular complexity index is 280. The topological polar surface area (TPSA) is 58.2 Å². The van der Waals surface area contributed by atoms with Gasteiger partial charge in [0.1, 0.15) is 13.3 Å². The van der Waals surface area contributed by atoms with E-state index in [9.17, 15) is 10.0 Å². The quantitative estimate of drug-likeness (QED) is 0.355. The van der Waals surface area contributed by atoms with Gasteiger partial charge in [0.05, 0.1) is 0 Å². The van der Waals surface area contributed by atoms with E-state index in [1.54, 1.807) is 0 Å². The molecule has 0 radical (unpaired) electrons. The Morgan fingerprint density at radius 3 is 3.00 bits per heavy atom. The zero-order valence-corrected chi connectivity index (χ0v) is 5.35. The van der Waals surface area contributed by atoms with Crippen LogP contribution in [0, 0.1) is 5.21 Å². The third-order valence-electron chi connectivity index (χ3n) is 1.00. The lowest BCUT2D eigenvalue weighted by molar-refractivity contribution is -0.607. The van der Waals surface area contributed by atoms with Crippen molar-refractivity contribution in [2.45, 2.75) is 0 Å². The van der Waals surface area contributed by atoms with Crippen molar-refractivity contribution in [1.29, 1.82) is 0 Å². The molecule has 0 aliphatic rings. The highest BCUT2D eigenvalue weighted by Gasteiger charge is 1.96. The summed E-state index contributed by atoms with van der Waals surface area (Å²) in [6.45, 7) is 0. The van der Waals surface area contributed by atoms with Gasteiger partial charge in [0.2, 0.25) is 6.20 Å². The highest BCUT2D eigenvalue weighted by Crippen LogP contribution is 1.67. The summed E-state index contributed by atoms with van der Waals surface area (Å²) in [5, 5.41) is 10.4. The number of hydrogen-bond acceptors (Lipinski definition) is 3. The van der Waals surface area contributed by atoms with Crippen molar-refractivity contribution in [3.8, 4) is 0 Å². The SMILES string of the molecule is COn1cc[n+]([O-])cc1=O. The molecule has 0 aromatic carbocycles. The van der Waals surface area contributed by atoms with E-state index in [0.717, 1.165) is 10.9 Å². The number of hydrogen-bond donors (Lipinski definition) is 0. The largest absolute Gasteiger partial charge is 0.619 e. The fourth-order valence-corrected chi connectivity index (χ4v) is 0.559. The Labute approximate surface area is 56.6 Å². The Morgan fingerprint density at radius 2 is 2.50 bits per heavy atom. The molecule has 5 nitrogen and oxygen atoms in total. The minimum Gasteiger partial charge on any atom is -0.619 e. The number of aromatic nitrogens is 2. The molecule has 0 saturated carbocycles. The third kappa shape index (κ3) is 1.07. The van der Waals surface area contributed by atoms with Crippen LogP contribution in [0.2, 0.25) is 0 Å². The second kappa shape index (κ2) is 2.38. The summed E-state index contributed by atoms with van der Waals surface area (Å²) in [4.78, 5) is 15.2. The summed E-state index contributed by atoms with van der Waals surface area (Å²) in [6.07, 6.45) is 3.30. The van der Waals surface area contributed by atoms with Crippen molar-refractivity contribution in [3.05, 3.63) is 34.2 Å². The molecule has 1 heterocycles. The van der Waals surface area contributed by atoms with Crippen LogP contribution in [0.5, 0.6) is 0 Å². The smallest absolute Gasteiger partial charge is 0.348 e. The number of rotatable bonds is 1.